The van der Waals surface area contributed by atoms with Crippen molar-refractivity contribution in [2.24, 2.45) is 0 Å². The quantitative estimate of drug-likeness (QED) is 0.561. The normalized spacial score (nSPS) is 11.4. The van der Waals surface area contributed by atoms with E-state index in [1.807, 2.05) is 57.2 Å². The number of hydrogen-bond donors (Lipinski definition) is 0. The minimum absolute atomic E-state index is 0.507. The molecule has 2 aromatic carbocycles. The van der Waals surface area contributed by atoms with Gasteiger partial charge in [0, 0.05) is 11.8 Å². The highest BCUT2D eigenvalue weighted by Crippen LogP contribution is 2.50. The fourth-order valence-electron chi connectivity index (χ4n) is 2.07. The molecule has 0 aliphatic rings. The average Bonchev–Trinajstić information content (AvgIpc) is 2.53. The molecule has 0 N–H and O–H groups in total. The largest absolute Gasteiger partial charge is 0.434 e. The van der Waals surface area contributed by atoms with E-state index in [2.05, 4.69) is 13.8 Å². The SMILES string of the molecule is CCCOP(=S)(Oc1ccc(C)c(C)c1)Oc1ccc(C)c(C)c1. The molecule has 0 amide bonds. The van der Waals surface area contributed by atoms with Gasteiger partial charge in [-0.1, -0.05) is 19.1 Å². The van der Waals surface area contributed by atoms with Gasteiger partial charge in [-0.15, -0.1) is 0 Å². The van der Waals surface area contributed by atoms with E-state index in [4.69, 9.17) is 25.4 Å². The van der Waals surface area contributed by atoms with Crippen LogP contribution in [0.3, 0.4) is 0 Å². The van der Waals surface area contributed by atoms with E-state index in [1.165, 1.54) is 11.1 Å². The van der Waals surface area contributed by atoms with E-state index in [0.29, 0.717) is 18.1 Å². The predicted molar refractivity (Wildman–Crippen MR) is 104 cm³/mol. The summed E-state index contributed by atoms with van der Waals surface area (Å²) >= 11 is 5.63. The van der Waals surface area contributed by atoms with Crippen molar-refractivity contribution >= 4 is 18.5 Å². The molecule has 0 aromatic heterocycles. The van der Waals surface area contributed by atoms with Crippen LogP contribution in [-0.2, 0) is 16.3 Å². The van der Waals surface area contributed by atoms with E-state index in [-0.39, 0.29) is 0 Å². The summed E-state index contributed by atoms with van der Waals surface area (Å²) in [4.78, 5) is 0. The molecule has 0 saturated carbocycles. The van der Waals surface area contributed by atoms with Crippen LogP contribution < -0.4 is 9.05 Å². The van der Waals surface area contributed by atoms with Gasteiger partial charge in [-0.3, -0.25) is 4.52 Å². The van der Waals surface area contributed by atoms with Crippen molar-refractivity contribution in [3.63, 3.8) is 0 Å². The van der Waals surface area contributed by atoms with Crippen LogP contribution in [0.2, 0.25) is 0 Å². The minimum atomic E-state index is -2.92. The molecule has 2 rings (SSSR count). The van der Waals surface area contributed by atoms with Crippen LogP contribution in [0.15, 0.2) is 36.4 Å². The van der Waals surface area contributed by atoms with Crippen molar-refractivity contribution in [2.75, 3.05) is 6.61 Å². The van der Waals surface area contributed by atoms with Crippen LogP contribution >= 0.6 is 6.72 Å². The molecule has 0 saturated heterocycles. The van der Waals surface area contributed by atoms with E-state index in [0.717, 1.165) is 17.5 Å². The Bertz CT molecular complexity index is 701. The molecule has 2 aromatic rings. The van der Waals surface area contributed by atoms with Gasteiger partial charge in [0.15, 0.2) is 0 Å². The Morgan fingerprint density at radius 2 is 1.25 bits per heavy atom. The zero-order valence-electron chi connectivity index (χ0n) is 15.0. The van der Waals surface area contributed by atoms with Crippen LogP contribution in [0.25, 0.3) is 0 Å². The molecule has 3 nitrogen and oxygen atoms in total. The van der Waals surface area contributed by atoms with Gasteiger partial charge < -0.3 is 9.05 Å². The van der Waals surface area contributed by atoms with Gasteiger partial charge in [-0.2, -0.15) is 0 Å². The lowest BCUT2D eigenvalue weighted by molar-refractivity contribution is 0.262. The lowest BCUT2D eigenvalue weighted by Crippen LogP contribution is -2.06. The Kier molecular flexibility index (Phi) is 6.45. The first-order valence-corrected chi connectivity index (χ1v) is 10.7. The Hall–Kier alpha value is -1.35. The van der Waals surface area contributed by atoms with E-state index in [1.54, 1.807) is 0 Å². The Balaban J connectivity index is 2.25. The number of aryl methyl sites for hydroxylation is 4. The molecule has 0 spiro atoms. The monoisotopic (exact) mass is 364 g/mol. The van der Waals surface area contributed by atoms with Gasteiger partial charge >= 0.3 is 6.72 Å². The second-order valence-corrected chi connectivity index (χ2v) is 8.81. The predicted octanol–water partition coefficient (Wildman–Crippen LogP) is 6.03. The van der Waals surface area contributed by atoms with Crippen molar-refractivity contribution in [2.45, 2.75) is 41.0 Å². The molecule has 0 atom stereocenters. The average molecular weight is 364 g/mol. The second kappa shape index (κ2) is 8.15. The van der Waals surface area contributed by atoms with Gasteiger partial charge in [-0.25, -0.2) is 0 Å². The van der Waals surface area contributed by atoms with Crippen LogP contribution in [0.1, 0.15) is 35.6 Å². The molecule has 0 aliphatic carbocycles. The molecule has 24 heavy (non-hydrogen) atoms. The summed E-state index contributed by atoms with van der Waals surface area (Å²) in [6.07, 6.45) is 0.852. The van der Waals surface area contributed by atoms with Crippen molar-refractivity contribution in [3.05, 3.63) is 58.7 Å². The Morgan fingerprint density at radius 1 is 0.792 bits per heavy atom. The number of hydrogen-bond acceptors (Lipinski definition) is 4. The lowest BCUT2D eigenvalue weighted by atomic mass is 10.1. The first kappa shape index (κ1) is 19.0. The molecule has 0 fully saturated rings. The smallest absolute Gasteiger partial charge is 0.416 e. The van der Waals surface area contributed by atoms with Gasteiger partial charge in [0.05, 0.1) is 6.61 Å². The Labute approximate surface area is 150 Å². The summed E-state index contributed by atoms with van der Waals surface area (Å²) in [6.45, 7) is 7.84. The molecular weight excluding hydrogens is 339 g/mol. The summed E-state index contributed by atoms with van der Waals surface area (Å²) in [5, 5.41) is 0. The first-order valence-electron chi connectivity index (χ1n) is 8.11. The highest BCUT2D eigenvalue weighted by molar-refractivity contribution is 8.07. The lowest BCUT2D eigenvalue weighted by Gasteiger charge is -2.23. The molecule has 0 radical (unpaired) electrons. The third kappa shape index (κ3) is 5.07. The molecule has 0 heterocycles. The first-order chi connectivity index (χ1) is 11.3. The second-order valence-electron chi connectivity index (χ2n) is 5.96. The van der Waals surface area contributed by atoms with Crippen LogP contribution in [0.5, 0.6) is 11.5 Å². The topological polar surface area (TPSA) is 27.7 Å². The molecule has 5 heteroatoms. The molecule has 0 aliphatic heterocycles. The zero-order chi connectivity index (χ0) is 17.7. The van der Waals surface area contributed by atoms with Crippen molar-refractivity contribution in [1.82, 2.24) is 0 Å². The molecule has 0 unspecified atom stereocenters. The van der Waals surface area contributed by atoms with Crippen molar-refractivity contribution < 1.29 is 13.6 Å². The molecule has 0 bridgehead atoms. The molecule has 130 valence electrons. The summed E-state index contributed by atoms with van der Waals surface area (Å²) in [6, 6.07) is 11.8. The fraction of sp³-hybridized carbons (Fsp3) is 0.368. The number of rotatable bonds is 7. The standard InChI is InChI=1S/C19H25O3PS/c1-6-11-20-23(24,21-18-9-7-14(2)16(4)12-18)22-19-10-8-15(3)17(5)13-19/h7-10,12-13H,6,11H2,1-5H3. The van der Waals surface area contributed by atoms with Gasteiger partial charge in [0.1, 0.15) is 11.5 Å². The van der Waals surface area contributed by atoms with E-state index in [9.17, 15) is 0 Å². The maximum atomic E-state index is 6.00. The van der Waals surface area contributed by atoms with Crippen molar-refractivity contribution in [3.8, 4) is 11.5 Å². The number of benzene rings is 2. The Morgan fingerprint density at radius 3 is 1.62 bits per heavy atom. The maximum Gasteiger partial charge on any atom is 0.434 e. The van der Waals surface area contributed by atoms with Gasteiger partial charge in [0.2, 0.25) is 0 Å². The highest BCUT2D eigenvalue weighted by atomic mass is 32.5. The van der Waals surface area contributed by atoms with Crippen molar-refractivity contribution in [1.29, 1.82) is 0 Å². The maximum absolute atomic E-state index is 6.00. The van der Waals surface area contributed by atoms with Gasteiger partial charge in [0.25, 0.3) is 0 Å². The summed E-state index contributed by atoms with van der Waals surface area (Å²) in [7, 11) is 0. The van der Waals surface area contributed by atoms with Crippen LogP contribution in [0, 0.1) is 27.7 Å². The minimum Gasteiger partial charge on any atom is -0.416 e. The van der Waals surface area contributed by atoms with Crippen LogP contribution in [-0.4, -0.2) is 6.61 Å². The molecular formula is C19H25O3PS. The third-order valence-corrected chi connectivity index (χ3v) is 5.98. The van der Waals surface area contributed by atoms with Crippen LogP contribution in [0.4, 0.5) is 0 Å². The highest BCUT2D eigenvalue weighted by Gasteiger charge is 2.24. The fourth-order valence-corrected chi connectivity index (χ4v) is 4.11. The van der Waals surface area contributed by atoms with E-state index < -0.39 is 6.72 Å². The summed E-state index contributed by atoms with van der Waals surface area (Å²) in [5.41, 5.74) is 4.71. The van der Waals surface area contributed by atoms with E-state index >= 15 is 0 Å². The van der Waals surface area contributed by atoms with Gasteiger partial charge in [-0.05, 0) is 80.6 Å². The third-order valence-electron chi connectivity index (χ3n) is 3.84. The summed E-state index contributed by atoms with van der Waals surface area (Å²) < 4.78 is 17.8. The zero-order valence-corrected chi connectivity index (χ0v) is 16.7. The summed E-state index contributed by atoms with van der Waals surface area (Å²) in [5.74, 6) is 1.36.